The van der Waals surface area contributed by atoms with Gasteiger partial charge in [-0.25, -0.2) is 0 Å². The zero-order valence-corrected chi connectivity index (χ0v) is 16.0. The van der Waals surface area contributed by atoms with E-state index in [1.165, 1.54) is 6.42 Å². The van der Waals surface area contributed by atoms with Gasteiger partial charge in [0.05, 0.1) is 13.7 Å². The number of guanidine groups is 1. The Morgan fingerprint density at radius 3 is 2.88 bits per heavy atom. The molecule has 2 rings (SSSR count). The fourth-order valence-electron chi connectivity index (χ4n) is 2.77. The molecule has 0 bridgehead atoms. The second-order valence-corrected chi connectivity index (χ2v) is 7.07. The van der Waals surface area contributed by atoms with Crippen molar-refractivity contribution in [3.05, 3.63) is 23.8 Å². The minimum atomic E-state index is 0.624. The van der Waals surface area contributed by atoms with Crippen LogP contribution in [-0.2, 0) is 6.54 Å². The van der Waals surface area contributed by atoms with Crippen molar-refractivity contribution in [2.24, 2.45) is 4.99 Å². The van der Waals surface area contributed by atoms with E-state index in [0.29, 0.717) is 11.9 Å². The normalized spacial score (nSPS) is 18.4. The number of thioether (sulfide) groups is 1. The fourth-order valence-corrected chi connectivity index (χ4v) is 3.95. The molecule has 6 heteroatoms. The average Bonchev–Trinajstić information content (AvgIpc) is 2.63. The summed E-state index contributed by atoms with van der Waals surface area (Å²) >= 11 is 2.07. The number of hydrogen-bond donors (Lipinski definition) is 1. The lowest BCUT2D eigenvalue weighted by molar-refractivity contribution is 0.310. The number of aliphatic imine (C=N–C) groups is 1. The first-order valence-corrected chi connectivity index (χ1v) is 9.63. The number of ether oxygens (including phenoxy) is 2. The largest absolute Gasteiger partial charge is 0.493 e. The molecule has 1 aliphatic rings. The Kier molecular flexibility index (Phi) is 7.56. The third-order valence-electron chi connectivity index (χ3n) is 4.08. The highest BCUT2D eigenvalue weighted by Crippen LogP contribution is 2.28. The number of nitrogens with one attached hydrogen (secondary N) is 1. The number of benzene rings is 1. The number of nitrogens with zero attached hydrogens (tertiary/aromatic N) is 2. The third-order valence-corrected chi connectivity index (χ3v) is 5.46. The SMILES string of the molecule is CCOc1cc(CNC(=NC)N2CCSC(CC)C2)ccc1OC. The smallest absolute Gasteiger partial charge is 0.193 e. The van der Waals surface area contributed by atoms with E-state index in [-0.39, 0.29) is 0 Å². The summed E-state index contributed by atoms with van der Waals surface area (Å²) in [5.41, 5.74) is 1.15. The molecule has 0 aliphatic carbocycles. The van der Waals surface area contributed by atoms with Gasteiger partial charge in [-0.15, -0.1) is 0 Å². The number of hydrogen-bond acceptors (Lipinski definition) is 4. The van der Waals surface area contributed by atoms with Crippen molar-refractivity contribution < 1.29 is 9.47 Å². The van der Waals surface area contributed by atoms with Crippen LogP contribution < -0.4 is 14.8 Å². The lowest BCUT2D eigenvalue weighted by Gasteiger charge is -2.34. The zero-order valence-electron chi connectivity index (χ0n) is 15.2. The Bertz CT molecular complexity index is 551. The summed E-state index contributed by atoms with van der Waals surface area (Å²) in [4.78, 5) is 6.81. The summed E-state index contributed by atoms with van der Waals surface area (Å²) in [6.07, 6.45) is 1.20. The van der Waals surface area contributed by atoms with Gasteiger partial charge in [-0.05, 0) is 31.0 Å². The van der Waals surface area contributed by atoms with Crippen molar-refractivity contribution in [2.75, 3.05) is 39.6 Å². The van der Waals surface area contributed by atoms with Gasteiger partial charge in [-0.1, -0.05) is 13.0 Å². The van der Waals surface area contributed by atoms with Crippen LogP contribution >= 0.6 is 11.8 Å². The highest BCUT2D eigenvalue weighted by molar-refractivity contribution is 8.00. The molecule has 1 fully saturated rings. The van der Waals surface area contributed by atoms with Gasteiger partial charge in [0.15, 0.2) is 17.5 Å². The van der Waals surface area contributed by atoms with Crippen LogP contribution in [0.3, 0.4) is 0 Å². The van der Waals surface area contributed by atoms with Gasteiger partial charge >= 0.3 is 0 Å². The molecule has 0 aromatic heterocycles. The van der Waals surface area contributed by atoms with Crippen LogP contribution in [-0.4, -0.2) is 55.7 Å². The van der Waals surface area contributed by atoms with Crippen LogP contribution in [0, 0.1) is 0 Å². The molecule has 1 aromatic rings. The molecular formula is C18H29N3O2S. The van der Waals surface area contributed by atoms with Gasteiger partial charge in [0.2, 0.25) is 0 Å². The average molecular weight is 352 g/mol. The van der Waals surface area contributed by atoms with Crippen LogP contribution in [0.5, 0.6) is 11.5 Å². The maximum Gasteiger partial charge on any atom is 0.193 e. The maximum absolute atomic E-state index is 5.65. The fraction of sp³-hybridized carbons (Fsp3) is 0.611. The minimum Gasteiger partial charge on any atom is -0.493 e. The molecule has 1 unspecified atom stereocenters. The van der Waals surface area contributed by atoms with Crippen molar-refractivity contribution in [2.45, 2.75) is 32.1 Å². The topological polar surface area (TPSA) is 46.1 Å². The molecule has 1 aromatic carbocycles. The first kappa shape index (κ1) is 18.8. The van der Waals surface area contributed by atoms with E-state index in [4.69, 9.17) is 9.47 Å². The Morgan fingerprint density at radius 1 is 1.38 bits per heavy atom. The Morgan fingerprint density at radius 2 is 2.21 bits per heavy atom. The summed E-state index contributed by atoms with van der Waals surface area (Å²) in [7, 11) is 3.51. The molecule has 1 saturated heterocycles. The Balaban J connectivity index is 1.99. The van der Waals surface area contributed by atoms with Gasteiger partial charge < -0.3 is 19.7 Å². The molecule has 0 spiro atoms. The van der Waals surface area contributed by atoms with Crippen LogP contribution in [0.15, 0.2) is 23.2 Å². The van der Waals surface area contributed by atoms with E-state index in [1.807, 2.05) is 26.1 Å². The molecule has 1 atom stereocenters. The monoisotopic (exact) mass is 351 g/mol. The molecule has 0 saturated carbocycles. The summed E-state index contributed by atoms with van der Waals surface area (Å²) in [6, 6.07) is 6.04. The van der Waals surface area contributed by atoms with E-state index in [1.54, 1.807) is 7.11 Å². The quantitative estimate of drug-likeness (QED) is 0.631. The van der Waals surface area contributed by atoms with E-state index in [2.05, 4.69) is 40.0 Å². The Hall–Kier alpha value is -1.56. The highest BCUT2D eigenvalue weighted by atomic mass is 32.2. The van der Waals surface area contributed by atoms with E-state index in [0.717, 1.165) is 48.4 Å². The van der Waals surface area contributed by atoms with E-state index in [9.17, 15) is 0 Å². The highest BCUT2D eigenvalue weighted by Gasteiger charge is 2.21. The molecule has 1 heterocycles. The standard InChI is InChI=1S/C18H29N3O2S/c1-5-15-13-21(9-10-24-15)18(19-3)20-12-14-7-8-16(22-4)17(11-14)23-6-2/h7-8,11,15H,5-6,9-10,12-13H2,1-4H3,(H,19,20). The first-order chi connectivity index (χ1) is 11.7. The zero-order chi connectivity index (χ0) is 17.4. The third kappa shape index (κ3) is 4.97. The van der Waals surface area contributed by atoms with Crippen molar-refractivity contribution in [1.29, 1.82) is 0 Å². The summed E-state index contributed by atoms with van der Waals surface area (Å²) in [5.74, 6) is 3.69. The molecule has 134 valence electrons. The molecule has 24 heavy (non-hydrogen) atoms. The maximum atomic E-state index is 5.65. The minimum absolute atomic E-state index is 0.624. The van der Waals surface area contributed by atoms with Crippen molar-refractivity contribution in [1.82, 2.24) is 10.2 Å². The van der Waals surface area contributed by atoms with Gasteiger partial charge in [-0.2, -0.15) is 11.8 Å². The van der Waals surface area contributed by atoms with E-state index < -0.39 is 0 Å². The molecular weight excluding hydrogens is 322 g/mol. The molecule has 1 N–H and O–H groups in total. The molecule has 5 nitrogen and oxygen atoms in total. The summed E-state index contributed by atoms with van der Waals surface area (Å²) in [5, 5.41) is 4.17. The van der Waals surface area contributed by atoms with Crippen LogP contribution in [0.25, 0.3) is 0 Å². The first-order valence-electron chi connectivity index (χ1n) is 8.58. The van der Waals surface area contributed by atoms with E-state index >= 15 is 0 Å². The predicted molar refractivity (Wildman–Crippen MR) is 102 cm³/mol. The summed E-state index contributed by atoms with van der Waals surface area (Å²) in [6.45, 7) is 7.69. The molecule has 1 aliphatic heterocycles. The van der Waals surface area contributed by atoms with Crippen LogP contribution in [0.4, 0.5) is 0 Å². The lowest BCUT2D eigenvalue weighted by atomic mass is 10.2. The van der Waals surface area contributed by atoms with Gasteiger partial charge in [0.1, 0.15) is 0 Å². The summed E-state index contributed by atoms with van der Waals surface area (Å²) < 4.78 is 11.0. The number of methoxy groups -OCH3 is 1. The van der Waals surface area contributed by atoms with Gasteiger partial charge in [0, 0.05) is 37.7 Å². The van der Waals surface area contributed by atoms with Crippen molar-refractivity contribution in [3.63, 3.8) is 0 Å². The van der Waals surface area contributed by atoms with Crippen molar-refractivity contribution in [3.8, 4) is 11.5 Å². The second kappa shape index (κ2) is 9.67. The van der Waals surface area contributed by atoms with Crippen LogP contribution in [0.1, 0.15) is 25.8 Å². The van der Waals surface area contributed by atoms with Gasteiger partial charge in [0.25, 0.3) is 0 Å². The lowest BCUT2D eigenvalue weighted by Crippen LogP contribution is -2.47. The number of rotatable bonds is 6. The predicted octanol–water partition coefficient (Wildman–Crippen LogP) is 3.00. The molecule has 0 radical (unpaired) electrons. The van der Waals surface area contributed by atoms with Crippen molar-refractivity contribution >= 4 is 17.7 Å². The van der Waals surface area contributed by atoms with Crippen LogP contribution in [0.2, 0.25) is 0 Å². The molecule has 0 amide bonds. The Labute approximate surface area is 149 Å². The second-order valence-electron chi connectivity index (χ2n) is 5.67. The van der Waals surface area contributed by atoms with Gasteiger partial charge in [-0.3, -0.25) is 4.99 Å².